The zero-order chi connectivity index (χ0) is 16.8. The van der Waals surface area contributed by atoms with E-state index in [9.17, 15) is 9.59 Å². The standard InChI is InChI=1S/C17H21N3O2S/c1-4-20(5-2)14-8-6-13(7-9-14)16(21)18-19-17(22)15-12(3)10-11-23-15/h6-11H,4-5H2,1-3H3,(H,18,21)(H,19,22). The van der Waals surface area contributed by atoms with Crippen LogP contribution in [0.1, 0.15) is 39.4 Å². The second kappa shape index (κ2) is 7.78. The summed E-state index contributed by atoms with van der Waals surface area (Å²) in [5.74, 6) is -0.635. The van der Waals surface area contributed by atoms with Crippen molar-refractivity contribution >= 4 is 28.8 Å². The predicted molar refractivity (Wildman–Crippen MR) is 94.0 cm³/mol. The molecule has 0 spiro atoms. The second-order valence-corrected chi connectivity index (χ2v) is 5.98. The first kappa shape index (κ1) is 17.0. The van der Waals surface area contributed by atoms with E-state index in [0.29, 0.717) is 10.4 Å². The van der Waals surface area contributed by atoms with Gasteiger partial charge in [-0.15, -0.1) is 11.3 Å². The van der Waals surface area contributed by atoms with E-state index in [1.165, 1.54) is 11.3 Å². The topological polar surface area (TPSA) is 61.4 Å². The first-order chi connectivity index (χ1) is 11.1. The summed E-state index contributed by atoms with van der Waals surface area (Å²) in [6.45, 7) is 7.87. The van der Waals surface area contributed by atoms with E-state index in [-0.39, 0.29) is 11.8 Å². The summed E-state index contributed by atoms with van der Waals surface area (Å²) < 4.78 is 0. The molecule has 0 aliphatic heterocycles. The summed E-state index contributed by atoms with van der Waals surface area (Å²) in [5.41, 5.74) is 7.36. The number of thiophene rings is 1. The number of hydrogen-bond donors (Lipinski definition) is 2. The normalized spacial score (nSPS) is 10.2. The van der Waals surface area contributed by atoms with Gasteiger partial charge in [-0.1, -0.05) is 0 Å². The minimum Gasteiger partial charge on any atom is -0.372 e. The molecule has 122 valence electrons. The number of aryl methyl sites for hydroxylation is 1. The number of carbonyl (C=O) groups excluding carboxylic acids is 2. The monoisotopic (exact) mass is 331 g/mol. The Labute approximate surface area is 140 Å². The van der Waals surface area contributed by atoms with Gasteiger partial charge in [-0.25, -0.2) is 0 Å². The van der Waals surface area contributed by atoms with Gasteiger partial charge in [0.15, 0.2) is 0 Å². The van der Waals surface area contributed by atoms with Crippen molar-refractivity contribution in [1.82, 2.24) is 10.9 Å². The largest absolute Gasteiger partial charge is 0.372 e. The van der Waals surface area contributed by atoms with Crippen LogP contribution in [0.25, 0.3) is 0 Å². The maximum Gasteiger partial charge on any atom is 0.280 e. The fourth-order valence-corrected chi connectivity index (χ4v) is 3.08. The van der Waals surface area contributed by atoms with Crippen molar-refractivity contribution in [3.8, 4) is 0 Å². The van der Waals surface area contributed by atoms with Gasteiger partial charge in [-0.3, -0.25) is 20.4 Å². The van der Waals surface area contributed by atoms with Crippen LogP contribution in [0.2, 0.25) is 0 Å². The van der Waals surface area contributed by atoms with Gasteiger partial charge in [0, 0.05) is 24.3 Å². The molecular formula is C17H21N3O2S. The van der Waals surface area contributed by atoms with Gasteiger partial charge in [0.2, 0.25) is 0 Å². The Hall–Kier alpha value is -2.34. The molecule has 0 atom stereocenters. The van der Waals surface area contributed by atoms with E-state index < -0.39 is 0 Å². The second-order valence-electron chi connectivity index (χ2n) is 5.06. The molecule has 0 radical (unpaired) electrons. The van der Waals surface area contributed by atoms with Crippen molar-refractivity contribution in [1.29, 1.82) is 0 Å². The molecule has 0 saturated carbocycles. The van der Waals surface area contributed by atoms with Crippen molar-refractivity contribution in [3.05, 3.63) is 51.7 Å². The van der Waals surface area contributed by atoms with Gasteiger partial charge in [0.25, 0.3) is 11.8 Å². The molecule has 2 N–H and O–H groups in total. The van der Waals surface area contributed by atoms with Crippen LogP contribution in [0.15, 0.2) is 35.7 Å². The highest BCUT2D eigenvalue weighted by Gasteiger charge is 2.12. The number of hydrazine groups is 1. The lowest BCUT2D eigenvalue weighted by molar-refractivity contribution is 0.0848. The summed E-state index contributed by atoms with van der Waals surface area (Å²) in [5, 5.41) is 1.85. The van der Waals surface area contributed by atoms with Crippen molar-refractivity contribution in [2.75, 3.05) is 18.0 Å². The zero-order valence-corrected chi connectivity index (χ0v) is 14.4. The van der Waals surface area contributed by atoms with E-state index in [2.05, 4.69) is 29.6 Å². The van der Waals surface area contributed by atoms with Crippen LogP contribution in [0.4, 0.5) is 5.69 Å². The van der Waals surface area contributed by atoms with Crippen molar-refractivity contribution in [2.24, 2.45) is 0 Å². The van der Waals surface area contributed by atoms with Crippen LogP contribution in [-0.2, 0) is 0 Å². The SMILES string of the molecule is CCN(CC)c1ccc(C(=O)NNC(=O)c2sccc2C)cc1. The van der Waals surface area contributed by atoms with Crippen molar-refractivity contribution in [3.63, 3.8) is 0 Å². The molecule has 0 bridgehead atoms. The third-order valence-electron chi connectivity index (χ3n) is 3.62. The van der Waals surface area contributed by atoms with Gasteiger partial charge in [0.1, 0.15) is 0 Å². The van der Waals surface area contributed by atoms with E-state index >= 15 is 0 Å². The molecule has 0 unspecified atom stereocenters. The molecule has 0 fully saturated rings. The molecular weight excluding hydrogens is 310 g/mol. The Bertz CT molecular complexity index is 675. The van der Waals surface area contributed by atoms with E-state index in [4.69, 9.17) is 0 Å². The molecule has 2 aromatic rings. The molecule has 2 amide bonds. The number of hydrogen-bond acceptors (Lipinski definition) is 4. The fraction of sp³-hybridized carbons (Fsp3) is 0.294. The number of nitrogens with zero attached hydrogens (tertiary/aromatic N) is 1. The van der Waals surface area contributed by atoms with Crippen LogP contribution >= 0.6 is 11.3 Å². The molecule has 0 saturated heterocycles. The Kier molecular flexibility index (Phi) is 5.76. The zero-order valence-electron chi connectivity index (χ0n) is 13.6. The van der Waals surface area contributed by atoms with Crippen LogP contribution in [-0.4, -0.2) is 24.9 Å². The smallest absolute Gasteiger partial charge is 0.280 e. The number of nitrogens with one attached hydrogen (secondary N) is 2. The van der Waals surface area contributed by atoms with Gasteiger partial charge in [0.05, 0.1) is 4.88 Å². The van der Waals surface area contributed by atoms with Crippen molar-refractivity contribution < 1.29 is 9.59 Å². The molecule has 6 heteroatoms. The summed E-state index contributed by atoms with van der Waals surface area (Å²) in [6, 6.07) is 9.20. The number of anilines is 1. The Balaban J connectivity index is 1.96. The number of carbonyl (C=O) groups is 2. The van der Waals surface area contributed by atoms with Gasteiger partial charge >= 0.3 is 0 Å². The maximum absolute atomic E-state index is 12.1. The van der Waals surface area contributed by atoms with Gasteiger partial charge < -0.3 is 4.90 Å². The molecule has 5 nitrogen and oxygen atoms in total. The molecule has 23 heavy (non-hydrogen) atoms. The molecule has 0 aliphatic rings. The number of benzene rings is 1. The van der Waals surface area contributed by atoms with Crippen LogP contribution in [0.5, 0.6) is 0 Å². The van der Waals surface area contributed by atoms with Crippen LogP contribution in [0.3, 0.4) is 0 Å². The quantitative estimate of drug-likeness (QED) is 0.828. The molecule has 1 aromatic heterocycles. The lowest BCUT2D eigenvalue weighted by Crippen LogP contribution is -2.41. The van der Waals surface area contributed by atoms with Gasteiger partial charge in [-0.05, 0) is 62.0 Å². The lowest BCUT2D eigenvalue weighted by atomic mass is 10.2. The first-order valence-corrected chi connectivity index (χ1v) is 8.44. The Morgan fingerprint density at radius 1 is 1.00 bits per heavy atom. The number of amides is 2. The highest BCUT2D eigenvalue weighted by molar-refractivity contribution is 7.12. The summed E-state index contributed by atoms with van der Waals surface area (Å²) in [7, 11) is 0. The summed E-state index contributed by atoms with van der Waals surface area (Å²) >= 11 is 1.35. The minimum atomic E-state index is -0.335. The maximum atomic E-state index is 12.1. The van der Waals surface area contributed by atoms with Crippen LogP contribution in [0, 0.1) is 6.92 Å². The van der Waals surface area contributed by atoms with E-state index in [1.807, 2.05) is 30.5 Å². The molecule has 1 heterocycles. The average molecular weight is 331 g/mol. The Morgan fingerprint density at radius 2 is 1.61 bits per heavy atom. The highest BCUT2D eigenvalue weighted by atomic mass is 32.1. The lowest BCUT2D eigenvalue weighted by Gasteiger charge is -2.21. The third-order valence-corrected chi connectivity index (χ3v) is 4.63. The van der Waals surface area contributed by atoms with E-state index in [0.717, 1.165) is 24.3 Å². The summed E-state index contributed by atoms with van der Waals surface area (Å²) in [4.78, 5) is 26.8. The van der Waals surface area contributed by atoms with Crippen LogP contribution < -0.4 is 15.8 Å². The first-order valence-electron chi connectivity index (χ1n) is 7.56. The highest BCUT2D eigenvalue weighted by Crippen LogP contribution is 2.16. The van der Waals surface area contributed by atoms with Gasteiger partial charge in [-0.2, -0.15) is 0 Å². The van der Waals surface area contributed by atoms with E-state index in [1.54, 1.807) is 12.1 Å². The predicted octanol–water partition coefficient (Wildman–Crippen LogP) is 2.98. The molecule has 0 aliphatic carbocycles. The Morgan fingerprint density at radius 3 is 2.13 bits per heavy atom. The summed E-state index contributed by atoms with van der Waals surface area (Å²) in [6.07, 6.45) is 0. The minimum absolute atomic E-state index is 0.300. The number of rotatable bonds is 5. The molecule has 1 aromatic carbocycles. The molecule has 2 rings (SSSR count). The average Bonchev–Trinajstić information content (AvgIpc) is 3.00. The fourth-order valence-electron chi connectivity index (χ4n) is 2.26. The van der Waals surface area contributed by atoms with Crippen molar-refractivity contribution in [2.45, 2.75) is 20.8 Å². The third kappa shape index (κ3) is 4.10.